The lowest BCUT2D eigenvalue weighted by Gasteiger charge is -2.10. The number of hydrogen-bond acceptors (Lipinski definition) is 5. The summed E-state index contributed by atoms with van der Waals surface area (Å²) in [6, 6.07) is 9.87. The van der Waals surface area contributed by atoms with Crippen LogP contribution in [0.25, 0.3) is 0 Å². The average molecular weight is 293 g/mol. The standard InChI is InChI=1S/C13H15N3OS2/c1-9(18-13-16-15-10(2)19-13)12(17)14-8-11-6-4-3-5-7-11/h3-7,9H,8H2,1-2H3,(H,14,17)/t9-/m0/s1. The molecular weight excluding hydrogens is 278 g/mol. The summed E-state index contributed by atoms with van der Waals surface area (Å²) in [6.45, 7) is 4.34. The summed E-state index contributed by atoms with van der Waals surface area (Å²) in [5, 5.41) is 11.6. The van der Waals surface area contributed by atoms with Crippen LogP contribution < -0.4 is 5.32 Å². The first-order valence-electron chi connectivity index (χ1n) is 5.93. The number of nitrogens with one attached hydrogen (secondary N) is 1. The van der Waals surface area contributed by atoms with E-state index in [-0.39, 0.29) is 11.2 Å². The third-order valence-corrected chi connectivity index (χ3v) is 4.49. The molecule has 19 heavy (non-hydrogen) atoms. The smallest absolute Gasteiger partial charge is 0.233 e. The maximum atomic E-state index is 12.0. The summed E-state index contributed by atoms with van der Waals surface area (Å²) in [5.41, 5.74) is 1.10. The van der Waals surface area contributed by atoms with Gasteiger partial charge >= 0.3 is 0 Å². The highest BCUT2D eigenvalue weighted by Crippen LogP contribution is 2.26. The van der Waals surface area contributed by atoms with Gasteiger partial charge < -0.3 is 5.32 Å². The zero-order valence-corrected chi connectivity index (χ0v) is 12.4. The van der Waals surface area contributed by atoms with E-state index in [9.17, 15) is 4.79 Å². The maximum Gasteiger partial charge on any atom is 0.233 e. The van der Waals surface area contributed by atoms with Gasteiger partial charge in [0, 0.05) is 6.54 Å². The first-order chi connectivity index (χ1) is 9.15. The van der Waals surface area contributed by atoms with Crippen molar-refractivity contribution in [2.24, 2.45) is 0 Å². The summed E-state index contributed by atoms with van der Waals surface area (Å²) >= 11 is 2.95. The van der Waals surface area contributed by atoms with E-state index in [1.54, 1.807) is 0 Å². The second-order valence-electron chi connectivity index (χ2n) is 4.05. The molecule has 4 nitrogen and oxygen atoms in total. The Balaban J connectivity index is 1.82. The number of hydrogen-bond donors (Lipinski definition) is 1. The molecule has 2 rings (SSSR count). The predicted molar refractivity (Wildman–Crippen MR) is 78.3 cm³/mol. The van der Waals surface area contributed by atoms with Crippen LogP contribution in [-0.2, 0) is 11.3 Å². The highest BCUT2D eigenvalue weighted by atomic mass is 32.2. The molecule has 0 aliphatic heterocycles. The van der Waals surface area contributed by atoms with Crippen LogP contribution in [0, 0.1) is 6.92 Å². The van der Waals surface area contributed by atoms with Gasteiger partial charge in [0.15, 0.2) is 4.34 Å². The van der Waals surface area contributed by atoms with Crippen LogP contribution in [0.3, 0.4) is 0 Å². The van der Waals surface area contributed by atoms with E-state index in [1.807, 2.05) is 44.2 Å². The number of aromatic nitrogens is 2. The summed E-state index contributed by atoms with van der Waals surface area (Å²) in [7, 11) is 0. The fraction of sp³-hybridized carbons (Fsp3) is 0.308. The Morgan fingerprint density at radius 3 is 2.74 bits per heavy atom. The van der Waals surface area contributed by atoms with Crippen LogP contribution in [0.1, 0.15) is 17.5 Å². The first kappa shape index (κ1) is 14.0. The van der Waals surface area contributed by atoms with Crippen LogP contribution in [-0.4, -0.2) is 21.4 Å². The average Bonchev–Trinajstić information content (AvgIpc) is 2.82. The van der Waals surface area contributed by atoms with E-state index in [2.05, 4.69) is 15.5 Å². The van der Waals surface area contributed by atoms with Crippen LogP contribution in [0.5, 0.6) is 0 Å². The molecule has 0 aliphatic rings. The zero-order chi connectivity index (χ0) is 13.7. The Morgan fingerprint density at radius 2 is 2.11 bits per heavy atom. The topological polar surface area (TPSA) is 54.9 Å². The fourth-order valence-electron chi connectivity index (χ4n) is 1.46. The molecule has 1 amide bonds. The van der Waals surface area contributed by atoms with E-state index < -0.39 is 0 Å². The zero-order valence-electron chi connectivity index (χ0n) is 10.8. The number of carbonyl (C=O) groups is 1. The number of amides is 1. The Morgan fingerprint density at radius 1 is 1.37 bits per heavy atom. The van der Waals surface area contributed by atoms with Gasteiger partial charge in [0.25, 0.3) is 0 Å². The monoisotopic (exact) mass is 293 g/mol. The minimum Gasteiger partial charge on any atom is -0.351 e. The lowest BCUT2D eigenvalue weighted by Crippen LogP contribution is -2.30. The molecule has 100 valence electrons. The molecule has 6 heteroatoms. The molecule has 1 N–H and O–H groups in total. The second kappa shape index (κ2) is 6.68. The van der Waals surface area contributed by atoms with Crippen molar-refractivity contribution in [2.45, 2.75) is 30.0 Å². The Kier molecular flexibility index (Phi) is 4.93. The second-order valence-corrected chi connectivity index (χ2v) is 6.82. The molecule has 0 spiro atoms. The number of rotatable bonds is 5. The first-order valence-corrected chi connectivity index (χ1v) is 7.63. The number of aryl methyl sites for hydroxylation is 1. The Labute approximate surface area is 120 Å². The summed E-state index contributed by atoms with van der Waals surface area (Å²) in [5.74, 6) is 0.0155. The van der Waals surface area contributed by atoms with E-state index >= 15 is 0 Å². The highest BCUT2D eigenvalue weighted by Gasteiger charge is 2.16. The van der Waals surface area contributed by atoms with Crippen LogP contribution in [0.15, 0.2) is 34.7 Å². The van der Waals surface area contributed by atoms with Gasteiger partial charge in [-0.2, -0.15) is 0 Å². The van der Waals surface area contributed by atoms with Crippen molar-refractivity contribution in [2.75, 3.05) is 0 Å². The lowest BCUT2D eigenvalue weighted by molar-refractivity contribution is -0.120. The van der Waals surface area contributed by atoms with Crippen LogP contribution in [0.4, 0.5) is 0 Å². The summed E-state index contributed by atoms with van der Waals surface area (Å²) < 4.78 is 0.833. The van der Waals surface area contributed by atoms with Gasteiger partial charge in [-0.15, -0.1) is 10.2 Å². The van der Waals surface area contributed by atoms with Crippen molar-refractivity contribution >= 4 is 29.0 Å². The van der Waals surface area contributed by atoms with Gasteiger partial charge in [-0.3, -0.25) is 4.79 Å². The third kappa shape index (κ3) is 4.33. The largest absolute Gasteiger partial charge is 0.351 e. The number of carbonyl (C=O) groups excluding carboxylic acids is 1. The maximum absolute atomic E-state index is 12.0. The molecule has 0 fully saturated rings. The van der Waals surface area contributed by atoms with Gasteiger partial charge in [-0.1, -0.05) is 53.4 Å². The fourth-order valence-corrected chi connectivity index (χ4v) is 3.44. The molecule has 1 atom stereocenters. The molecule has 0 saturated heterocycles. The minimum atomic E-state index is -0.170. The van der Waals surface area contributed by atoms with E-state index in [0.29, 0.717) is 6.54 Å². The molecule has 1 heterocycles. The van der Waals surface area contributed by atoms with Crippen molar-refractivity contribution in [3.8, 4) is 0 Å². The number of thioether (sulfide) groups is 1. The van der Waals surface area contributed by atoms with Crippen molar-refractivity contribution in [3.63, 3.8) is 0 Å². The quantitative estimate of drug-likeness (QED) is 0.861. The minimum absolute atomic E-state index is 0.0155. The van der Waals surface area contributed by atoms with Crippen LogP contribution in [0.2, 0.25) is 0 Å². The molecular formula is C13H15N3OS2. The Hall–Kier alpha value is -1.40. The molecule has 0 aliphatic carbocycles. The summed E-state index contributed by atoms with van der Waals surface area (Å²) in [6.07, 6.45) is 0. The van der Waals surface area contributed by atoms with Gasteiger partial charge in [-0.05, 0) is 19.4 Å². The predicted octanol–water partition coefficient (Wildman–Crippen LogP) is 2.64. The van der Waals surface area contributed by atoms with Gasteiger partial charge in [-0.25, -0.2) is 0 Å². The summed E-state index contributed by atoms with van der Waals surface area (Å²) in [4.78, 5) is 12.0. The SMILES string of the molecule is Cc1nnc(S[C@@H](C)C(=O)NCc2ccccc2)s1. The molecule has 1 aromatic heterocycles. The molecule has 0 saturated carbocycles. The van der Waals surface area contributed by atoms with Gasteiger partial charge in [0.05, 0.1) is 5.25 Å². The normalized spacial score (nSPS) is 12.1. The molecule has 2 aromatic rings. The van der Waals surface area contributed by atoms with E-state index in [1.165, 1.54) is 23.1 Å². The highest BCUT2D eigenvalue weighted by molar-refractivity contribution is 8.02. The number of nitrogens with zero attached hydrogens (tertiary/aromatic N) is 2. The van der Waals surface area contributed by atoms with Crippen molar-refractivity contribution < 1.29 is 4.79 Å². The van der Waals surface area contributed by atoms with Gasteiger partial charge in [0.2, 0.25) is 5.91 Å². The van der Waals surface area contributed by atoms with Crippen molar-refractivity contribution in [3.05, 3.63) is 40.9 Å². The Bertz CT molecular complexity index is 542. The van der Waals surface area contributed by atoms with Crippen molar-refractivity contribution in [1.29, 1.82) is 0 Å². The van der Waals surface area contributed by atoms with Crippen molar-refractivity contribution in [1.82, 2.24) is 15.5 Å². The molecule has 0 radical (unpaired) electrons. The van der Waals surface area contributed by atoms with E-state index in [4.69, 9.17) is 0 Å². The van der Waals surface area contributed by atoms with Crippen LogP contribution >= 0.6 is 23.1 Å². The van der Waals surface area contributed by atoms with Gasteiger partial charge in [0.1, 0.15) is 5.01 Å². The van der Waals surface area contributed by atoms with E-state index in [0.717, 1.165) is 14.9 Å². The molecule has 0 unspecified atom stereocenters. The number of benzene rings is 1. The molecule has 0 bridgehead atoms. The molecule has 1 aromatic carbocycles. The third-order valence-electron chi connectivity index (χ3n) is 2.46. The lowest BCUT2D eigenvalue weighted by atomic mass is 10.2.